The molecule has 1 aromatic rings. The summed E-state index contributed by atoms with van der Waals surface area (Å²) in [4.78, 5) is 16.0. The third kappa shape index (κ3) is 4.02. The van der Waals surface area contributed by atoms with Crippen molar-refractivity contribution in [3.8, 4) is 0 Å². The van der Waals surface area contributed by atoms with E-state index in [0.29, 0.717) is 12.1 Å². The van der Waals surface area contributed by atoms with Gasteiger partial charge in [-0.3, -0.25) is 4.79 Å². The highest BCUT2D eigenvalue weighted by atomic mass is 32.1. The Balaban J connectivity index is 2.40. The monoisotopic (exact) mass is 240 g/mol. The van der Waals surface area contributed by atoms with Gasteiger partial charge in [-0.1, -0.05) is 26.2 Å². The molecule has 0 aliphatic carbocycles. The number of hydrogen-bond acceptors (Lipinski definition) is 4. The quantitative estimate of drug-likeness (QED) is 0.587. The number of thiazole rings is 1. The van der Waals surface area contributed by atoms with Gasteiger partial charge in [-0.05, 0) is 13.3 Å². The molecule has 0 fully saturated rings. The van der Waals surface area contributed by atoms with Crippen LogP contribution in [-0.4, -0.2) is 10.8 Å². The van der Waals surface area contributed by atoms with Crippen molar-refractivity contribution in [1.29, 1.82) is 0 Å². The van der Waals surface area contributed by atoms with E-state index in [9.17, 15) is 4.79 Å². The van der Waals surface area contributed by atoms with Crippen molar-refractivity contribution >= 4 is 17.1 Å². The van der Waals surface area contributed by atoms with Gasteiger partial charge in [-0.15, -0.1) is 11.3 Å². The summed E-state index contributed by atoms with van der Waals surface area (Å²) in [6.45, 7) is 4.05. The Hall–Kier alpha value is -0.740. The minimum absolute atomic E-state index is 0.0772. The number of hydrogen-bond donors (Lipinski definition) is 1. The Bertz CT molecular complexity index is 334. The summed E-state index contributed by atoms with van der Waals surface area (Å²) in [6.07, 6.45) is 5.11. The Labute approximate surface area is 101 Å². The number of Topliss-reactive ketones (excluding diaryl/α,β-unsaturated/α-hetero) is 1. The van der Waals surface area contributed by atoms with Gasteiger partial charge < -0.3 is 5.73 Å². The van der Waals surface area contributed by atoms with Gasteiger partial charge in [0.25, 0.3) is 0 Å². The number of ketones is 1. The summed E-state index contributed by atoms with van der Waals surface area (Å²) in [5.74, 6) is 0.152. The molecule has 1 heterocycles. The fourth-order valence-corrected chi connectivity index (χ4v) is 2.25. The van der Waals surface area contributed by atoms with E-state index in [2.05, 4.69) is 11.9 Å². The van der Waals surface area contributed by atoms with Crippen LogP contribution >= 0.6 is 11.3 Å². The third-order valence-electron chi connectivity index (χ3n) is 2.45. The molecule has 0 saturated heterocycles. The van der Waals surface area contributed by atoms with E-state index >= 15 is 0 Å². The number of rotatable bonds is 7. The summed E-state index contributed by atoms with van der Waals surface area (Å²) in [7, 11) is 0. The standard InChI is InChI=1S/C12H20N2OS/c1-3-4-5-6-7-11(15)10-8-16-12(14-10)9(2)13/h8-9H,3-7,13H2,1-2H3. The van der Waals surface area contributed by atoms with Crippen molar-refractivity contribution in [3.05, 3.63) is 16.1 Å². The Morgan fingerprint density at radius 1 is 1.50 bits per heavy atom. The first kappa shape index (κ1) is 13.3. The Morgan fingerprint density at radius 2 is 2.25 bits per heavy atom. The number of nitrogens with zero attached hydrogens (tertiary/aromatic N) is 1. The zero-order chi connectivity index (χ0) is 12.0. The molecule has 0 amide bonds. The molecule has 0 saturated carbocycles. The number of carbonyl (C=O) groups is 1. The van der Waals surface area contributed by atoms with Crippen LogP contribution < -0.4 is 5.73 Å². The van der Waals surface area contributed by atoms with E-state index in [1.54, 1.807) is 0 Å². The van der Waals surface area contributed by atoms with Gasteiger partial charge in [0.15, 0.2) is 5.78 Å². The summed E-state index contributed by atoms with van der Waals surface area (Å²) in [6, 6.07) is -0.0772. The van der Waals surface area contributed by atoms with Crippen molar-refractivity contribution in [2.24, 2.45) is 5.73 Å². The summed E-state index contributed by atoms with van der Waals surface area (Å²) in [5, 5.41) is 2.66. The lowest BCUT2D eigenvalue weighted by atomic mass is 10.1. The van der Waals surface area contributed by atoms with Crippen LogP contribution in [0, 0.1) is 0 Å². The molecule has 0 spiro atoms. The number of carbonyl (C=O) groups excluding carboxylic acids is 1. The predicted molar refractivity (Wildman–Crippen MR) is 67.8 cm³/mol. The molecule has 1 aromatic heterocycles. The smallest absolute Gasteiger partial charge is 0.182 e. The average molecular weight is 240 g/mol. The van der Waals surface area contributed by atoms with E-state index in [1.807, 2.05) is 12.3 Å². The van der Waals surface area contributed by atoms with Gasteiger partial charge in [-0.25, -0.2) is 4.98 Å². The van der Waals surface area contributed by atoms with Gasteiger partial charge in [0.05, 0.1) is 6.04 Å². The van der Waals surface area contributed by atoms with Crippen LogP contribution in [0.3, 0.4) is 0 Å². The van der Waals surface area contributed by atoms with E-state index in [1.165, 1.54) is 24.2 Å². The van der Waals surface area contributed by atoms with Crippen molar-refractivity contribution < 1.29 is 4.79 Å². The summed E-state index contributed by atoms with van der Waals surface area (Å²) < 4.78 is 0. The summed E-state index contributed by atoms with van der Waals surface area (Å²) in [5.41, 5.74) is 6.29. The van der Waals surface area contributed by atoms with E-state index < -0.39 is 0 Å². The van der Waals surface area contributed by atoms with Gasteiger partial charge in [0, 0.05) is 11.8 Å². The zero-order valence-electron chi connectivity index (χ0n) is 10.0. The van der Waals surface area contributed by atoms with E-state index in [4.69, 9.17) is 5.73 Å². The van der Waals surface area contributed by atoms with Gasteiger partial charge in [-0.2, -0.15) is 0 Å². The van der Waals surface area contributed by atoms with Crippen LogP contribution in [0.2, 0.25) is 0 Å². The average Bonchev–Trinajstić information content (AvgIpc) is 2.73. The maximum Gasteiger partial charge on any atom is 0.182 e. The second kappa shape index (κ2) is 6.76. The molecular formula is C12H20N2OS. The van der Waals surface area contributed by atoms with Crippen LogP contribution in [0.5, 0.6) is 0 Å². The Morgan fingerprint density at radius 3 is 2.81 bits per heavy atom. The number of unbranched alkanes of at least 4 members (excludes halogenated alkanes) is 3. The van der Waals surface area contributed by atoms with Crippen molar-refractivity contribution in [2.75, 3.05) is 0 Å². The largest absolute Gasteiger partial charge is 0.322 e. The molecule has 16 heavy (non-hydrogen) atoms. The maximum absolute atomic E-state index is 11.7. The van der Waals surface area contributed by atoms with Crippen LogP contribution in [-0.2, 0) is 0 Å². The molecule has 0 aliphatic rings. The lowest BCUT2D eigenvalue weighted by Crippen LogP contribution is -2.06. The third-order valence-corrected chi connectivity index (χ3v) is 3.50. The Kier molecular flexibility index (Phi) is 5.63. The first-order valence-electron chi connectivity index (χ1n) is 5.89. The number of nitrogens with two attached hydrogens (primary N) is 1. The molecule has 0 radical (unpaired) electrons. The molecule has 0 bridgehead atoms. The van der Waals surface area contributed by atoms with E-state index in [0.717, 1.165) is 17.8 Å². The predicted octanol–water partition coefficient (Wildman–Crippen LogP) is 3.32. The molecule has 0 aromatic carbocycles. The van der Waals surface area contributed by atoms with E-state index in [-0.39, 0.29) is 11.8 Å². The molecule has 2 N–H and O–H groups in total. The SMILES string of the molecule is CCCCCCC(=O)c1csc(C(C)N)n1. The molecule has 3 nitrogen and oxygen atoms in total. The second-order valence-corrected chi connectivity index (χ2v) is 4.98. The van der Waals surface area contributed by atoms with Crippen LogP contribution in [0.15, 0.2) is 5.38 Å². The fourth-order valence-electron chi connectivity index (χ4n) is 1.47. The van der Waals surface area contributed by atoms with Crippen LogP contribution in [0.25, 0.3) is 0 Å². The maximum atomic E-state index is 11.7. The normalized spacial score (nSPS) is 12.7. The number of aromatic nitrogens is 1. The topological polar surface area (TPSA) is 56.0 Å². The van der Waals surface area contributed by atoms with Crippen LogP contribution in [0.1, 0.15) is 67.5 Å². The van der Waals surface area contributed by atoms with Crippen molar-refractivity contribution in [2.45, 2.75) is 52.0 Å². The van der Waals surface area contributed by atoms with Gasteiger partial charge >= 0.3 is 0 Å². The second-order valence-electron chi connectivity index (χ2n) is 4.09. The lowest BCUT2D eigenvalue weighted by Gasteiger charge is -1.98. The zero-order valence-corrected chi connectivity index (χ0v) is 10.8. The minimum Gasteiger partial charge on any atom is -0.322 e. The lowest BCUT2D eigenvalue weighted by molar-refractivity contribution is 0.0975. The molecule has 1 unspecified atom stereocenters. The van der Waals surface area contributed by atoms with Crippen molar-refractivity contribution in [1.82, 2.24) is 4.98 Å². The molecule has 90 valence electrons. The fraction of sp³-hybridized carbons (Fsp3) is 0.667. The first-order chi connectivity index (χ1) is 7.65. The summed E-state index contributed by atoms with van der Waals surface area (Å²) >= 11 is 1.47. The van der Waals surface area contributed by atoms with Gasteiger partial charge in [0.2, 0.25) is 0 Å². The minimum atomic E-state index is -0.0772. The van der Waals surface area contributed by atoms with Gasteiger partial charge in [0.1, 0.15) is 10.7 Å². The highest BCUT2D eigenvalue weighted by Gasteiger charge is 2.12. The molecule has 1 atom stereocenters. The molecule has 1 rings (SSSR count). The molecule has 0 aliphatic heterocycles. The van der Waals surface area contributed by atoms with Crippen LogP contribution in [0.4, 0.5) is 0 Å². The first-order valence-corrected chi connectivity index (χ1v) is 6.77. The molecule has 4 heteroatoms. The highest BCUT2D eigenvalue weighted by molar-refractivity contribution is 7.09. The molecular weight excluding hydrogens is 220 g/mol. The highest BCUT2D eigenvalue weighted by Crippen LogP contribution is 2.17. The van der Waals surface area contributed by atoms with Crippen molar-refractivity contribution in [3.63, 3.8) is 0 Å².